The summed E-state index contributed by atoms with van der Waals surface area (Å²) < 4.78 is 0. The number of hydrogen-bond donors (Lipinski definition) is 1. The SMILES string of the molecule is CN1CCN(c2cc(C(=O)O)c([N+](=O)[O-])cn2)CC1(C)C. The summed E-state index contributed by atoms with van der Waals surface area (Å²) in [6.07, 6.45) is 1.02. The van der Waals surface area contributed by atoms with E-state index in [9.17, 15) is 14.9 Å². The Labute approximate surface area is 122 Å². The Hall–Kier alpha value is -2.22. The highest BCUT2D eigenvalue weighted by Crippen LogP contribution is 2.26. The molecule has 1 aromatic rings. The molecule has 1 aliphatic heterocycles. The van der Waals surface area contributed by atoms with Crippen molar-refractivity contribution in [1.29, 1.82) is 0 Å². The number of carboxylic acid groups (broad SMARTS) is 1. The van der Waals surface area contributed by atoms with Crippen LogP contribution in [0.1, 0.15) is 24.2 Å². The van der Waals surface area contributed by atoms with Crippen LogP contribution in [0.3, 0.4) is 0 Å². The molecule has 21 heavy (non-hydrogen) atoms. The molecular formula is C13H18N4O4. The number of carboxylic acids is 1. The molecule has 0 aliphatic carbocycles. The van der Waals surface area contributed by atoms with Crippen LogP contribution in [0.25, 0.3) is 0 Å². The first-order valence-electron chi connectivity index (χ1n) is 6.56. The van der Waals surface area contributed by atoms with E-state index < -0.39 is 16.6 Å². The molecule has 0 radical (unpaired) electrons. The Morgan fingerprint density at radius 1 is 1.48 bits per heavy atom. The number of piperazine rings is 1. The summed E-state index contributed by atoms with van der Waals surface area (Å²) in [5.74, 6) is -0.863. The highest BCUT2D eigenvalue weighted by atomic mass is 16.6. The topological polar surface area (TPSA) is 99.8 Å². The van der Waals surface area contributed by atoms with Crippen LogP contribution in [-0.4, -0.2) is 58.1 Å². The third-order valence-electron chi connectivity index (χ3n) is 3.94. The molecule has 1 aromatic heterocycles. The van der Waals surface area contributed by atoms with Crippen LogP contribution >= 0.6 is 0 Å². The van der Waals surface area contributed by atoms with Crippen LogP contribution in [-0.2, 0) is 0 Å². The first-order valence-corrected chi connectivity index (χ1v) is 6.56. The Morgan fingerprint density at radius 3 is 2.67 bits per heavy atom. The molecule has 2 heterocycles. The Morgan fingerprint density at radius 2 is 2.14 bits per heavy atom. The van der Waals surface area contributed by atoms with Gasteiger partial charge in [-0.25, -0.2) is 9.78 Å². The van der Waals surface area contributed by atoms with Gasteiger partial charge in [0.05, 0.1) is 4.92 Å². The van der Waals surface area contributed by atoms with Gasteiger partial charge in [-0.15, -0.1) is 0 Å². The fourth-order valence-electron chi connectivity index (χ4n) is 2.36. The van der Waals surface area contributed by atoms with Crippen LogP contribution in [0.2, 0.25) is 0 Å². The normalized spacial score (nSPS) is 18.5. The van der Waals surface area contributed by atoms with Gasteiger partial charge in [-0.1, -0.05) is 0 Å². The maximum Gasteiger partial charge on any atom is 0.342 e. The third kappa shape index (κ3) is 2.94. The van der Waals surface area contributed by atoms with Crippen molar-refractivity contribution in [3.63, 3.8) is 0 Å². The summed E-state index contributed by atoms with van der Waals surface area (Å²) in [6.45, 7) is 6.36. The molecule has 1 fully saturated rings. The molecule has 0 unspecified atom stereocenters. The zero-order chi connectivity index (χ0) is 15.8. The lowest BCUT2D eigenvalue weighted by Gasteiger charge is -2.45. The lowest BCUT2D eigenvalue weighted by Crippen LogP contribution is -2.57. The van der Waals surface area contributed by atoms with Gasteiger partial charge in [0, 0.05) is 31.2 Å². The summed E-state index contributed by atoms with van der Waals surface area (Å²) in [6, 6.07) is 1.28. The van der Waals surface area contributed by atoms with E-state index in [0.717, 1.165) is 12.7 Å². The Balaban J connectivity index is 2.35. The van der Waals surface area contributed by atoms with Crippen LogP contribution in [0.5, 0.6) is 0 Å². The van der Waals surface area contributed by atoms with Crippen molar-refractivity contribution in [3.8, 4) is 0 Å². The molecule has 8 nitrogen and oxygen atoms in total. The molecule has 1 N–H and O–H groups in total. The molecule has 0 saturated carbocycles. The van der Waals surface area contributed by atoms with Crippen molar-refractivity contribution in [2.45, 2.75) is 19.4 Å². The standard InChI is InChI=1S/C13H18N4O4/c1-13(2)8-16(5-4-15(13)3)11-6-9(12(18)19)10(7-14-11)17(20)21/h6-7H,4-5,8H2,1-3H3,(H,18,19). The highest BCUT2D eigenvalue weighted by Gasteiger charge is 2.32. The molecule has 1 saturated heterocycles. The molecule has 114 valence electrons. The molecule has 2 rings (SSSR count). The Kier molecular flexibility index (Phi) is 3.82. The highest BCUT2D eigenvalue weighted by molar-refractivity contribution is 5.93. The maximum absolute atomic E-state index is 11.2. The van der Waals surface area contributed by atoms with E-state index in [2.05, 4.69) is 23.7 Å². The quantitative estimate of drug-likeness (QED) is 0.660. The number of rotatable bonds is 3. The minimum absolute atomic E-state index is 0.0783. The fourth-order valence-corrected chi connectivity index (χ4v) is 2.36. The zero-order valence-electron chi connectivity index (χ0n) is 12.2. The van der Waals surface area contributed by atoms with Gasteiger partial charge in [0.1, 0.15) is 17.6 Å². The van der Waals surface area contributed by atoms with Gasteiger partial charge < -0.3 is 10.0 Å². The van der Waals surface area contributed by atoms with Crippen LogP contribution < -0.4 is 4.90 Å². The number of aromatic carboxylic acids is 1. The first-order chi connectivity index (χ1) is 9.72. The van der Waals surface area contributed by atoms with E-state index in [-0.39, 0.29) is 11.1 Å². The number of aromatic nitrogens is 1. The van der Waals surface area contributed by atoms with Crippen LogP contribution in [0, 0.1) is 10.1 Å². The molecule has 8 heteroatoms. The van der Waals surface area contributed by atoms with Crippen LogP contribution in [0.15, 0.2) is 12.3 Å². The van der Waals surface area contributed by atoms with E-state index in [0.29, 0.717) is 18.9 Å². The van der Waals surface area contributed by atoms with Crippen molar-refractivity contribution in [3.05, 3.63) is 27.9 Å². The van der Waals surface area contributed by atoms with Gasteiger partial charge >= 0.3 is 11.7 Å². The van der Waals surface area contributed by atoms with E-state index in [4.69, 9.17) is 5.11 Å². The second-order valence-electron chi connectivity index (χ2n) is 5.78. The summed E-state index contributed by atoms with van der Waals surface area (Å²) in [5, 5.41) is 20.0. The predicted molar refractivity (Wildman–Crippen MR) is 76.8 cm³/mol. The molecule has 0 atom stereocenters. The summed E-state index contributed by atoms with van der Waals surface area (Å²) in [5.41, 5.74) is -0.896. The van der Waals surface area contributed by atoms with Crippen molar-refractivity contribution < 1.29 is 14.8 Å². The third-order valence-corrected chi connectivity index (χ3v) is 3.94. The average molecular weight is 294 g/mol. The van der Waals surface area contributed by atoms with Gasteiger partial charge in [0.2, 0.25) is 0 Å². The average Bonchev–Trinajstić information content (AvgIpc) is 2.41. The van der Waals surface area contributed by atoms with Gasteiger partial charge in [0.25, 0.3) is 0 Å². The maximum atomic E-state index is 11.2. The lowest BCUT2D eigenvalue weighted by molar-refractivity contribution is -0.385. The smallest absolute Gasteiger partial charge is 0.342 e. The van der Waals surface area contributed by atoms with E-state index in [1.165, 1.54) is 6.07 Å². The van der Waals surface area contributed by atoms with Gasteiger partial charge in [-0.05, 0) is 20.9 Å². The summed E-state index contributed by atoms with van der Waals surface area (Å²) in [7, 11) is 2.03. The Bertz CT molecular complexity index is 588. The van der Waals surface area contributed by atoms with Crippen molar-refractivity contribution in [1.82, 2.24) is 9.88 Å². The molecule has 0 spiro atoms. The number of hydrogen-bond acceptors (Lipinski definition) is 6. The number of likely N-dealkylation sites (N-methyl/N-ethyl adjacent to an activating group) is 1. The van der Waals surface area contributed by atoms with Crippen molar-refractivity contribution in [2.75, 3.05) is 31.6 Å². The largest absolute Gasteiger partial charge is 0.477 e. The minimum atomic E-state index is -1.32. The monoisotopic (exact) mass is 294 g/mol. The predicted octanol–water partition coefficient (Wildman–Crippen LogP) is 1.22. The molecule has 0 aromatic carbocycles. The lowest BCUT2D eigenvalue weighted by atomic mass is 9.99. The van der Waals surface area contributed by atoms with E-state index in [1.807, 2.05) is 11.9 Å². The van der Waals surface area contributed by atoms with E-state index >= 15 is 0 Å². The number of anilines is 1. The fraction of sp³-hybridized carbons (Fsp3) is 0.538. The van der Waals surface area contributed by atoms with Crippen LogP contribution in [0.4, 0.5) is 11.5 Å². The second kappa shape index (κ2) is 5.28. The second-order valence-corrected chi connectivity index (χ2v) is 5.78. The number of pyridine rings is 1. The summed E-state index contributed by atoms with van der Waals surface area (Å²) in [4.78, 5) is 29.5. The molecule has 1 aliphatic rings. The summed E-state index contributed by atoms with van der Waals surface area (Å²) >= 11 is 0. The van der Waals surface area contributed by atoms with Gasteiger partial charge in [0.15, 0.2) is 0 Å². The minimum Gasteiger partial charge on any atom is -0.477 e. The number of nitrogens with zero attached hydrogens (tertiary/aromatic N) is 4. The molecular weight excluding hydrogens is 276 g/mol. The van der Waals surface area contributed by atoms with Gasteiger partial charge in [-0.2, -0.15) is 0 Å². The molecule has 0 amide bonds. The van der Waals surface area contributed by atoms with Gasteiger partial charge in [-0.3, -0.25) is 15.0 Å². The van der Waals surface area contributed by atoms with Crippen molar-refractivity contribution >= 4 is 17.5 Å². The molecule has 0 bridgehead atoms. The van der Waals surface area contributed by atoms with E-state index in [1.54, 1.807) is 0 Å². The first kappa shape index (κ1) is 15.2. The number of carbonyl (C=O) groups is 1. The number of nitro groups is 1. The van der Waals surface area contributed by atoms with Crippen molar-refractivity contribution in [2.24, 2.45) is 0 Å². The zero-order valence-corrected chi connectivity index (χ0v) is 12.2.